The number of benzene rings is 1. The van der Waals surface area contributed by atoms with Crippen molar-refractivity contribution in [3.63, 3.8) is 0 Å². The van der Waals surface area contributed by atoms with E-state index in [1.54, 1.807) is 24.3 Å². The topological polar surface area (TPSA) is 79.5 Å². The van der Waals surface area contributed by atoms with Gasteiger partial charge >= 0.3 is 0 Å². The Kier molecular flexibility index (Phi) is 8.12. The Morgan fingerprint density at radius 1 is 1.16 bits per heavy atom. The van der Waals surface area contributed by atoms with Crippen molar-refractivity contribution in [1.29, 1.82) is 0 Å². The Balaban J connectivity index is 0.00000225. The van der Waals surface area contributed by atoms with Crippen molar-refractivity contribution in [2.75, 3.05) is 32.8 Å². The fourth-order valence-electron chi connectivity index (χ4n) is 3.71. The summed E-state index contributed by atoms with van der Waals surface area (Å²) in [4.78, 5) is 0.312. The van der Waals surface area contributed by atoms with Crippen molar-refractivity contribution < 1.29 is 13.2 Å². The molecule has 1 heterocycles. The van der Waals surface area contributed by atoms with Gasteiger partial charge in [0.1, 0.15) is 0 Å². The fourth-order valence-corrected chi connectivity index (χ4v) is 4.76. The Labute approximate surface area is 156 Å². The van der Waals surface area contributed by atoms with Crippen LogP contribution >= 0.6 is 12.4 Å². The van der Waals surface area contributed by atoms with Gasteiger partial charge in [0.05, 0.1) is 18.1 Å². The third-order valence-corrected chi connectivity index (χ3v) is 6.39. The molecule has 1 aromatic rings. The molecular weight excluding hydrogens is 362 g/mol. The Bertz CT molecular complexity index is 609. The molecule has 0 aromatic heterocycles. The third-order valence-electron chi connectivity index (χ3n) is 4.91. The van der Waals surface area contributed by atoms with Crippen LogP contribution in [0.1, 0.15) is 19.3 Å². The molecule has 1 aliphatic carbocycles. The molecule has 3 atom stereocenters. The number of rotatable bonds is 7. The molecule has 25 heavy (non-hydrogen) atoms. The van der Waals surface area contributed by atoms with E-state index in [0.717, 1.165) is 26.2 Å². The average Bonchev–Trinajstić information content (AvgIpc) is 3.09. The highest BCUT2D eigenvalue weighted by Crippen LogP contribution is 2.29. The highest BCUT2D eigenvalue weighted by molar-refractivity contribution is 7.89. The molecule has 1 saturated heterocycles. The maximum atomic E-state index is 12.2. The molecule has 2 fully saturated rings. The first-order valence-electron chi connectivity index (χ1n) is 8.76. The third kappa shape index (κ3) is 5.64. The first-order valence-corrected chi connectivity index (χ1v) is 10.2. The molecule has 3 rings (SSSR count). The molecule has 142 valence electrons. The van der Waals surface area contributed by atoms with Gasteiger partial charge in [0, 0.05) is 31.7 Å². The number of halogens is 1. The number of hydrogen-bond acceptors (Lipinski definition) is 5. The van der Waals surface area contributed by atoms with E-state index in [4.69, 9.17) is 4.74 Å². The van der Waals surface area contributed by atoms with Crippen molar-refractivity contribution in [3.05, 3.63) is 30.3 Å². The molecule has 0 radical (unpaired) electrons. The Morgan fingerprint density at radius 2 is 1.96 bits per heavy atom. The summed E-state index contributed by atoms with van der Waals surface area (Å²) in [6, 6.07) is 9.34. The zero-order valence-corrected chi connectivity index (χ0v) is 15.9. The van der Waals surface area contributed by atoms with Gasteiger partial charge in [-0.3, -0.25) is 0 Å². The summed E-state index contributed by atoms with van der Waals surface area (Å²) < 4.78 is 32.6. The van der Waals surface area contributed by atoms with E-state index in [1.807, 2.05) is 6.07 Å². The lowest BCUT2D eigenvalue weighted by molar-refractivity contribution is 0.0526. The second kappa shape index (κ2) is 9.85. The van der Waals surface area contributed by atoms with Gasteiger partial charge in [-0.2, -0.15) is 0 Å². The van der Waals surface area contributed by atoms with Crippen LogP contribution < -0.4 is 15.4 Å². The Hall–Kier alpha value is -0.700. The highest BCUT2D eigenvalue weighted by Gasteiger charge is 2.34. The van der Waals surface area contributed by atoms with Gasteiger partial charge in [-0.05, 0) is 30.9 Å². The zero-order valence-electron chi connectivity index (χ0n) is 14.3. The normalized spacial score (nSPS) is 27.0. The predicted octanol–water partition coefficient (Wildman–Crippen LogP) is 1.13. The summed E-state index contributed by atoms with van der Waals surface area (Å²) in [6.07, 6.45) is 3.57. The van der Waals surface area contributed by atoms with Gasteiger partial charge in [-0.25, -0.2) is 13.1 Å². The van der Waals surface area contributed by atoms with E-state index < -0.39 is 10.0 Å². The molecule has 3 N–H and O–H groups in total. The molecule has 3 unspecified atom stereocenters. The van der Waals surface area contributed by atoms with Crippen LogP contribution in [-0.2, 0) is 14.8 Å². The largest absolute Gasteiger partial charge is 0.379 e. The minimum atomic E-state index is -3.41. The fraction of sp³-hybridized carbons (Fsp3) is 0.647. The number of hydrogen-bond donors (Lipinski definition) is 3. The number of nitrogens with one attached hydrogen (secondary N) is 3. The van der Waals surface area contributed by atoms with Gasteiger partial charge in [-0.15, -0.1) is 12.4 Å². The molecule has 0 amide bonds. The van der Waals surface area contributed by atoms with Gasteiger partial charge in [-0.1, -0.05) is 24.6 Å². The van der Waals surface area contributed by atoms with E-state index >= 15 is 0 Å². The quantitative estimate of drug-likeness (QED) is 0.609. The van der Waals surface area contributed by atoms with Crippen molar-refractivity contribution in [3.8, 4) is 0 Å². The lowest BCUT2D eigenvalue weighted by Gasteiger charge is -2.33. The van der Waals surface area contributed by atoms with Crippen molar-refractivity contribution >= 4 is 22.4 Å². The van der Waals surface area contributed by atoms with Crippen LogP contribution in [0.25, 0.3) is 0 Å². The molecule has 1 aliphatic heterocycles. The molecule has 6 nitrogen and oxygen atoms in total. The minimum Gasteiger partial charge on any atom is -0.379 e. The molecule has 1 saturated carbocycles. The minimum absolute atomic E-state index is 0. The maximum Gasteiger partial charge on any atom is 0.240 e. The van der Waals surface area contributed by atoms with Crippen LogP contribution in [0.3, 0.4) is 0 Å². The molecule has 1 aromatic carbocycles. The van der Waals surface area contributed by atoms with Crippen molar-refractivity contribution in [2.24, 2.45) is 5.92 Å². The zero-order chi connectivity index (χ0) is 16.8. The number of sulfonamides is 1. The second-order valence-electron chi connectivity index (χ2n) is 6.50. The summed E-state index contributed by atoms with van der Waals surface area (Å²) in [5.74, 6) is 0.566. The van der Waals surface area contributed by atoms with Gasteiger partial charge in [0.2, 0.25) is 10.0 Å². The monoisotopic (exact) mass is 389 g/mol. The predicted molar refractivity (Wildman–Crippen MR) is 101 cm³/mol. The Morgan fingerprint density at radius 3 is 2.68 bits per heavy atom. The second-order valence-corrected chi connectivity index (χ2v) is 8.27. The van der Waals surface area contributed by atoms with Crippen LogP contribution in [0.2, 0.25) is 0 Å². The first-order chi connectivity index (χ1) is 11.7. The van der Waals surface area contributed by atoms with E-state index in [0.29, 0.717) is 36.0 Å². The molecule has 8 heteroatoms. The molecule has 2 aliphatic rings. The van der Waals surface area contributed by atoms with Gasteiger partial charge < -0.3 is 15.4 Å². The van der Waals surface area contributed by atoms with Gasteiger partial charge in [0.15, 0.2) is 0 Å². The van der Waals surface area contributed by atoms with Crippen LogP contribution in [0.15, 0.2) is 35.2 Å². The van der Waals surface area contributed by atoms with Crippen molar-refractivity contribution in [2.45, 2.75) is 36.2 Å². The highest BCUT2D eigenvalue weighted by atomic mass is 35.5. The summed E-state index contributed by atoms with van der Waals surface area (Å²) in [6.45, 7) is 3.53. The summed E-state index contributed by atoms with van der Waals surface area (Å²) >= 11 is 0. The maximum absolute atomic E-state index is 12.2. The van der Waals surface area contributed by atoms with Gasteiger partial charge in [0.25, 0.3) is 0 Å². The lowest BCUT2D eigenvalue weighted by Crippen LogP contribution is -2.51. The smallest absolute Gasteiger partial charge is 0.240 e. The van der Waals surface area contributed by atoms with E-state index in [9.17, 15) is 8.42 Å². The lowest BCUT2D eigenvalue weighted by atomic mass is 9.94. The summed E-state index contributed by atoms with van der Waals surface area (Å²) in [5.41, 5.74) is 0. The molecule has 0 spiro atoms. The summed E-state index contributed by atoms with van der Waals surface area (Å²) in [7, 11) is -3.41. The summed E-state index contributed by atoms with van der Waals surface area (Å²) in [5, 5.41) is 7.08. The molecular formula is C17H28ClN3O3S. The van der Waals surface area contributed by atoms with Crippen LogP contribution in [0.4, 0.5) is 0 Å². The first kappa shape index (κ1) is 20.6. The average molecular weight is 390 g/mol. The standard InChI is InChI=1S/C17H27N3O3S.ClH/c21-24(22,14-5-2-1-3-6-14)20-10-9-18-16-8-4-7-15(16)17-13-23-12-11-19-17;/h1-3,5-6,15-20H,4,7-13H2;1H. The molecule has 0 bridgehead atoms. The van der Waals surface area contributed by atoms with E-state index in [-0.39, 0.29) is 12.4 Å². The van der Waals surface area contributed by atoms with Crippen LogP contribution in [0.5, 0.6) is 0 Å². The number of morpholine rings is 1. The van der Waals surface area contributed by atoms with E-state index in [2.05, 4.69) is 15.4 Å². The van der Waals surface area contributed by atoms with E-state index in [1.165, 1.54) is 12.8 Å². The SMILES string of the molecule is Cl.O=S(=O)(NCCNC1CCCC1C1COCCN1)c1ccccc1. The van der Waals surface area contributed by atoms with Crippen LogP contribution in [-0.4, -0.2) is 53.3 Å². The van der Waals surface area contributed by atoms with Crippen LogP contribution in [0, 0.1) is 5.92 Å². The van der Waals surface area contributed by atoms with Crippen molar-refractivity contribution in [1.82, 2.24) is 15.4 Å². The number of ether oxygens (including phenoxy) is 1.